The molecule has 0 atom stereocenters. The maximum atomic E-state index is 5.59. The summed E-state index contributed by atoms with van der Waals surface area (Å²) < 4.78 is 0. The number of hydrogen-bond acceptors (Lipinski definition) is 0. The van der Waals surface area contributed by atoms with E-state index in [4.69, 9.17) is 34.8 Å². The number of benzene rings is 2. The Morgan fingerprint density at radius 3 is 1.43 bits per heavy atom. The van der Waals surface area contributed by atoms with E-state index in [0.717, 1.165) is 17.0 Å². The standard InChI is InChI=1S/C8H8Cl2.C8H8.C2H5Cl/c9-5-7-1-2-8(6-10)4-3-7;1-2-8-6-4-3-5-7-8;1-2-3/h1-4H,5-6H2;2-7H,1H2;2H2,1H3. The van der Waals surface area contributed by atoms with Crippen LogP contribution in [0.2, 0.25) is 0 Å². The number of alkyl halides is 3. The minimum atomic E-state index is 0.572. The van der Waals surface area contributed by atoms with Gasteiger partial charge in [0.05, 0.1) is 0 Å². The van der Waals surface area contributed by atoms with Gasteiger partial charge in [-0.3, -0.25) is 0 Å². The molecular formula is C18H21Cl3. The summed E-state index contributed by atoms with van der Waals surface area (Å²) in [5, 5.41) is 0. The highest BCUT2D eigenvalue weighted by atomic mass is 35.5. The first-order valence-electron chi connectivity index (χ1n) is 6.64. The third-order valence-electron chi connectivity index (χ3n) is 2.37. The first-order valence-corrected chi connectivity index (χ1v) is 8.25. The van der Waals surface area contributed by atoms with E-state index in [-0.39, 0.29) is 0 Å². The van der Waals surface area contributed by atoms with Gasteiger partial charge in [0.25, 0.3) is 0 Å². The maximum Gasteiger partial charge on any atom is 0.0474 e. The third kappa shape index (κ3) is 10.4. The van der Waals surface area contributed by atoms with Gasteiger partial charge in [0.2, 0.25) is 0 Å². The largest absolute Gasteiger partial charge is 0.127 e. The molecule has 2 aromatic carbocycles. The fourth-order valence-electron chi connectivity index (χ4n) is 1.31. The number of rotatable bonds is 3. The van der Waals surface area contributed by atoms with Gasteiger partial charge in [-0.2, -0.15) is 0 Å². The van der Waals surface area contributed by atoms with Crippen LogP contribution in [-0.4, -0.2) is 5.88 Å². The molecular weight excluding hydrogens is 323 g/mol. The molecule has 0 aliphatic rings. The van der Waals surface area contributed by atoms with E-state index >= 15 is 0 Å². The second-order valence-corrected chi connectivity index (χ2v) is 5.03. The molecule has 0 N–H and O–H groups in total. The van der Waals surface area contributed by atoms with Gasteiger partial charge in [-0.1, -0.05) is 74.2 Å². The van der Waals surface area contributed by atoms with Crippen molar-refractivity contribution in [1.82, 2.24) is 0 Å². The summed E-state index contributed by atoms with van der Waals surface area (Å²) in [5.74, 6) is 1.87. The molecule has 0 aromatic heterocycles. The lowest BCUT2D eigenvalue weighted by molar-refractivity contribution is 1.33. The van der Waals surface area contributed by atoms with Gasteiger partial charge in [-0.15, -0.1) is 34.8 Å². The van der Waals surface area contributed by atoms with Gasteiger partial charge in [0.1, 0.15) is 0 Å². The van der Waals surface area contributed by atoms with Crippen LogP contribution < -0.4 is 0 Å². The van der Waals surface area contributed by atoms with E-state index in [0.29, 0.717) is 11.8 Å². The first kappa shape index (κ1) is 20.1. The summed E-state index contributed by atoms with van der Waals surface area (Å²) >= 11 is 16.2. The molecule has 0 fully saturated rings. The highest BCUT2D eigenvalue weighted by Crippen LogP contribution is 2.08. The lowest BCUT2D eigenvalue weighted by Gasteiger charge is -1.95. The monoisotopic (exact) mass is 342 g/mol. The van der Waals surface area contributed by atoms with Crippen LogP contribution in [0.25, 0.3) is 6.08 Å². The second kappa shape index (κ2) is 14.0. The predicted molar refractivity (Wildman–Crippen MR) is 98.5 cm³/mol. The van der Waals surface area contributed by atoms with Crippen LogP contribution >= 0.6 is 34.8 Å². The smallest absolute Gasteiger partial charge is 0.0474 e. The van der Waals surface area contributed by atoms with E-state index in [2.05, 4.69) is 6.58 Å². The first-order chi connectivity index (χ1) is 10.2. The second-order valence-electron chi connectivity index (χ2n) is 3.97. The molecule has 2 rings (SSSR count). The molecule has 2 aromatic rings. The Balaban J connectivity index is 0.000000327. The lowest BCUT2D eigenvalue weighted by Crippen LogP contribution is -1.79. The highest BCUT2D eigenvalue weighted by Gasteiger charge is 1.90. The fraction of sp³-hybridized carbons (Fsp3) is 0.222. The maximum absolute atomic E-state index is 5.59. The van der Waals surface area contributed by atoms with Crippen LogP contribution in [0, 0.1) is 0 Å². The molecule has 0 nitrogen and oxygen atoms in total. The van der Waals surface area contributed by atoms with Crippen LogP contribution in [0.1, 0.15) is 23.6 Å². The quantitative estimate of drug-likeness (QED) is 0.541. The summed E-state index contributed by atoms with van der Waals surface area (Å²) in [6.45, 7) is 5.52. The molecule has 0 amide bonds. The Hall–Kier alpha value is -0.950. The topological polar surface area (TPSA) is 0 Å². The van der Waals surface area contributed by atoms with Crippen LogP contribution in [0.15, 0.2) is 61.2 Å². The zero-order valence-corrected chi connectivity index (χ0v) is 14.5. The summed E-state index contributed by atoms with van der Waals surface area (Å²) in [6.07, 6.45) is 1.83. The van der Waals surface area contributed by atoms with Crippen molar-refractivity contribution in [3.63, 3.8) is 0 Å². The summed E-state index contributed by atoms with van der Waals surface area (Å²) in [5.41, 5.74) is 3.44. The summed E-state index contributed by atoms with van der Waals surface area (Å²) in [6, 6.07) is 18.0. The molecule has 0 aliphatic heterocycles. The molecule has 0 unspecified atom stereocenters. The molecule has 0 heterocycles. The molecule has 21 heavy (non-hydrogen) atoms. The van der Waals surface area contributed by atoms with E-state index < -0.39 is 0 Å². The highest BCUT2D eigenvalue weighted by molar-refractivity contribution is 6.17. The Kier molecular flexibility index (Phi) is 13.4. The van der Waals surface area contributed by atoms with E-state index in [1.807, 2.05) is 67.6 Å². The van der Waals surface area contributed by atoms with Crippen molar-refractivity contribution in [2.75, 3.05) is 5.88 Å². The molecule has 0 saturated carbocycles. The SMILES string of the molecule is C=Cc1ccccc1.CCCl.ClCc1ccc(CCl)cc1. The Bertz CT molecular complexity index is 441. The van der Waals surface area contributed by atoms with E-state index in [1.54, 1.807) is 0 Å². The van der Waals surface area contributed by atoms with Crippen molar-refractivity contribution < 1.29 is 0 Å². The van der Waals surface area contributed by atoms with Gasteiger partial charge in [0.15, 0.2) is 0 Å². The fourth-order valence-corrected chi connectivity index (χ4v) is 1.66. The van der Waals surface area contributed by atoms with Crippen LogP contribution in [0.5, 0.6) is 0 Å². The normalized spacial score (nSPS) is 8.76. The molecule has 0 spiro atoms. The van der Waals surface area contributed by atoms with Crippen LogP contribution in [0.4, 0.5) is 0 Å². The molecule has 0 radical (unpaired) electrons. The predicted octanol–water partition coefficient (Wildman–Crippen LogP) is 6.74. The lowest BCUT2D eigenvalue weighted by atomic mass is 10.2. The zero-order chi connectivity index (χ0) is 15.9. The molecule has 0 aliphatic carbocycles. The summed E-state index contributed by atoms with van der Waals surface area (Å²) in [7, 11) is 0. The Labute approximate surface area is 143 Å². The van der Waals surface area contributed by atoms with Crippen LogP contribution in [0.3, 0.4) is 0 Å². The van der Waals surface area contributed by atoms with Gasteiger partial charge in [-0.05, 0) is 16.7 Å². The zero-order valence-electron chi connectivity index (χ0n) is 12.2. The van der Waals surface area contributed by atoms with Crippen LogP contribution in [-0.2, 0) is 11.8 Å². The molecule has 0 saturated heterocycles. The van der Waals surface area contributed by atoms with Gasteiger partial charge in [0, 0.05) is 17.6 Å². The summed E-state index contributed by atoms with van der Waals surface area (Å²) in [4.78, 5) is 0. The van der Waals surface area contributed by atoms with Gasteiger partial charge in [-0.25, -0.2) is 0 Å². The average Bonchev–Trinajstić information content (AvgIpc) is 2.57. The van der Waals surface area contributed by atoms with Crippen molar-refractivity contribution >= 4 is 40.9 Å². The van der Waals surface area contributed by atoms with Crippen molar-refractivity contribution in [1.29, 1.82) is 0 Å². The van der Waals surface area contributed by atoms with E-state index in [9.17, 15) is 0 Å². The molecule has 0 bridgehead atoms. The minimum Gasteiger partial charge on any atom is -0.127 e. The van der Waals surface area contributed by atoms with E-state index in [1.165, 1.54) is 5.56 Å². The Morgan fingerprint density at radius 1 is 0.810 bits per heavy atom. The third-order valence-corrected chi connectivity index (χ3v) is 2.98. The van der Waals surface area contributed by atoms with Crippen molar-refractivity contribution in [3.8, 4) is 0 Å². The molecule has 3 heteroatoms. The van der Waals surface area contributed by atoms with Crippen molar-refractivity contribution in [2.24, 2.45) is 0 Å². The van der Waals surface area contributed by atoms with Crippen molar-refractivity contribution in [2.45, 2.75) is 18.7 Å². The molecule has 114 valence electrons. The number of hydrogen-bond donors (Lipinski definition) is 0. The Morgan fingerprint density at radius 2 is 1.19 bits per heavy atom. The average molecular weight is 344 g/mol. The van der Waals surface area contributed by atoms with Crippen molar-refractivity contribution in [3.05, 3.63) is 77.9 Å². The minimum absolute atomic E-state index is 0.572. The van der Waals surface area contributed by atoms with Gasteiger partial charge < -0.3 is 0 Å². The number of halogens is 3. The van der Waals surface area contributed by atoms with Gasteiger partial charge >= 0.3 is 0 Å².